The maximum atomic E-state index is 12.8. The summed E-state index contributed by atoms with van der Waals surface area (Å²) in [6.07, 6.45) is 0.651. The molecule has 3 aromatic carbocycles. The van der Waals surface area contributed by atoms with Crippen LogP contribution in [0.15, 0.2) is 71.6 Å². The molecule has 0 aliphatic rings. The third-order valence-electron chi connectivity index (χ3n) is 4.83. The Hall–Kier alpha value is -2.96. The second-order valence-electron chi connectivity index (χ2n) is 7.18. The number of benzene rings is 3. The van der Waals surface area contributed by atoms with Crippen LogP contribution in [0.5, 0.6) is 5.75 Å². The van der Waals surface area contributed by atoms with Gasteiger partial charge in [0.25, 0.3) is 5.91 Å². The van der Waals surface area contributed by atoms with E-state index in [0.717, 1.165) is 10.5 Å². The fourth-order valence-corrected chi connectivity index (χ4v) is 4.17. The van der Waals surface area contributed by atoms with Crippen LogP contribution in [0.4, 0.5) is 11.4 Å². The first-order valence-corrected chi connectivity index (χ1v) is 11.4. The number of methoxy groups -OCH3 is 1. The average Bonchev–Trinajstić information content (AvgIpc) is 2.80. The van der Waals surface area contributed by atoms with E-state index in [1.165, 1.54) is 11.8 Å². The van der Waals surface area contributed by atoms with Gasteiger partial charge < -0.3 is 15.4 Å². The predicted molar refractivity (Wildman–Crippen MR) is 132 cm³/mol. The van der Waals surface area contributed by atoms with Gasteiger partial charge in [-0.25, -0.2) is 0 Å². The lowest BCUT2D eigenvalue weighted by Gasteiger charge is -2.16. The molecule has 5 nitrogen and oxygen atoms in total. The first-order chi connectivity index (χ1) is 15.4. The number of hydrogen-bond donors (Lipinski definition) is 2. The van der Waals surface area contributed by atoms with Gasteiger partial charge >= 0.3 is 0 Å². The molecule has 0 spiro atoms. The van der Waals surface area contributed by atoms with Crippen LogP contribution in [0.1, 0.15) is 29.3 Å². The Bertz CT molecular complexity index is 1100. The van der Waals surface area contributed by atoms with E-state index in [1.807, 2.05) is 50.2 Å². The van der Waals surface area contributed by atoms with Crippen LogP contribution in [0, 0.1) is 6.92 Å². The van der Waals surface area contributed by atoms with E-state index in [0.29, 0.717) is 34.1 Å². The summed E-state index contributed by atoms with van der Waals surface area (Å²) in [6, 6.07) is 19.8. The van der Waals surface area contributed by atoms with Gasteiger partial charge in [0, 0.05) is 26.9 Å². The van der Waals surface area contributed by atoms with E-state index < -0.39 is 0 Å². The molecule has 2 N–H and O–H groups in total. The van der Waals surface area contributed by atoms with E-state index in [1.54, 1.807) is 37.4 Å². The number of anilines is 2. The largest absolute Gasteiger partial charge is 0.497 e. The van der Waals surface area contributed by atoms with Crippen molar-refractivity contribution in [3.8, 4) is 5.75 Å². The number of hydrogen-bond acceptors (Lipinski definition) is 4. The Morgan fingerprint density at radius 2 is 1.72 bits per heavy atom. The number of aryl methyl sites for hydroxylation is 1. The summed E-state index contributed by atoms with van der Waals surface area (Å²) in [5.74, 6) is 0.387. The topological polar surface area (TPSA) is 67.4 Å². The number of nitrogens with one attached hydrogen (secondary N) is 2. The molecule has 2 amide bonds. The third-order valence-corrected chi connectivity index (χ3v) is 6.59. The molecular formula is C25H25ClN2O3S. The molecular weight excluding hydrogens is 444 g/mol. The van der Waals surface area contributed by atoms with Crippen molar-refractivity contribution in [2.24, 2.45) is 0 Å². The van der Waals surface area contributed by atoms with Gasteiger partial charge in [0.05, 0.1) is 12.4 Å². The summed E-state index contributed by atoms with van der Waals surface area (Å²) in [5.41, 5.74) is 2.83. The Morgan fingerprint density at radius 1 is 1.00 bits per heavy atom. The highest BCUT2D eigenvalue weighted by Gasteiger charge is 2.19. The van der Waals surface area contributed by atoms with Crippen molar-refractivity contribution >= 4 is 46.6 Å². The number of rotatable bonds is 8. The van der Waals surface area contributed by atoms with Gasteiger partial charge in [-0.15, -0.1) is 11.8 Å². The van der Waals surface area contributed by atoms with Crippen LogP contribution in [0.2, 0.25) is 5.02 Å². The summed E-state index contributed by atoms with van der Waals surface area (Å²) >= 11 is 7.61. The highest BCUT2D eigenvalue weighted by molar-refractivity contribution is 8.00. The van der Waals surface area contributed by atoms with Gasteiger partial charge in [-0.2, -0.15) is 0 Å². The number of amides is 2. The van der Waals surface area contributed by atoms with Gasteiger partial charge in [-0.3, -0.25) is 9.59 Å². The van der Waals surface area contributed by atoms with Gasteiger partial charge in [-0.05, 0) is 73.5 Å². The van der Waals surface area contributed by atoms with Crippen molar-refractivity contribution in [3.05, 3.63) is 82.9 Å². The first kappa shape index (κ1) is 23.7. The number of halogens is 1. The van der Waals surface area contributed by atoms with Crippen LogP contribution in [-0.2, 0) is 4.79 Å². The standard InChI is InChI=1S/C25H25ClN2O3S/c1-4-23(25(30)28-19-11-8-16(2)22(26)15-19)32-21-7-5-6-18(14-21)27-24(29)17-9-12-20(31-3)13-10-17/h5-15,23H,4H2,1-3H3,(H,27,29)(H,28,30). The lowest BCUT2D eigenvalue weighted by molar-refractivity contribution is -0.115. The lowest BCUT2D eigenvalue weighted by Crippen LogP contribution is -2.24. The molecule has 3 rings (SSSR count). The van der Waals surface area contributed by atoms with Gasteiger partial charge in [0.2, 0.25) is 5.91 Å². The Kier molecular flexibility index (Phi) is 8.20. The van der Waals surface area contributed by atoms with E-state index in [2.05, 4.69) is 10.6 Å². The Balaban J connectivity index is 1.65. The monoisotopic (exact) mass is 468 g/mol. The molecule has 0 heterocycles. The summed E-state index contributed by atoms with van der Waals surface area (Å²) in [5, 5.41) is 6.16. The molecule has 0 aromatic heterocycles. The van der Waals surface area contributed by atoms with Crippen molar-refractivity contribution in [1.82, 2.24) is 0 Å². The molecule has 0 aliphatic carbocycles. The van der Waals surface area contributed by atoms with Crippen molar-refractivity contribution in [3.63, 3.8) is 0 Å². The highest BCUT2D eigenvalue weighted by Crippen LogP contribution is 2.29. The second kappa shape index (κ2) is 11.1. The lowest BCUT2D eigenvalue weighted by atomic mass is 10.2. The number of thioether (sulfide) groups is 1. The molecule has 0 fully saturated rings. The SMILES string of the molecule is CCC(Sc1cccc(NC(=O)c2ccc(OC)cc2)c1)C(=O)Nc1ccc(C)c(Cl)c1. The van der Waals surface area contributed by atoms with E-state index in [4.69, 9.17) is 16.3 Å². The Morgan fingerprint density at radius 3 is 2.38 bits per heavy atom. The van der Waals surface area contributed by atoms with Crippen molar-refractivity contribution in [2.75, 3.05) is 17.7 Å². The zero-order chi connectivity index (χ0) is 23.1. The fraction of sp³-hybridized carbons (Fsp3) is 0.200. The first-order valence-electron chi connectivity index (χ1n) is 10.2. The van der Waals surface area contributed by atoms with Crippen LogP contribution in [0.25, 0.3) is 0 Å². The molecule has 7 heteroatoms. The number of ether oxygens (including phenoxy) is 1. The minimum Gasteiger partial charge on any atom is -0.497 e. The van der Waals surface area contributed by atoms with Crippen LogP contribution in [-0.4, -0.2) is 24.2 Å². The van der Waals surface area contributed by atoms with E-state index in [-0.39, 0.29) is 17.1 Å². The molecule has 166 valence electrons. The maximum Gasteiger partial charge on any atom is 0.255 e. The molecule has 0 radical (unpaired) electrons. The quantitative estimate of drug-likeness (QED) is 0.374. The molecule has 32 heavy (non-hydrogen) atoms. The summed E-state index contributed by atoms with van der Waals surface area (Å²) < 4.78 is 5.12. The molecule has 0 bridgehead atoms. The molecule has 0 saturated heterocycles. The van der Waals surface area contributed by atoms with Crippen LogP contribution >= 0.6 is 23.4 Å². The smallest absolute Gasteiger partial charge is 0.255 e. The van der Waals surface area contributed by atoms with Crippen molar-refractivity contribution < 1.29 is 14.3 Å². The average molecular weight is 469 g/mol. The van der Waals surface area contributed by atoms with Crippen LogP contribution < -0.4 is 15.4 Å². The van der Waals surface area contributed by atoms with Crippen molar-refractivity contribution in [2.45, 2.75) is 30.4 Å². The van der Waals surface area contributed by atoms with E-state index >= 15 is 0 Å². The minimum atomic E-state index is -0.289. The number of carbonyl (C=O) groups is 2. The van der Waals surface area contributed by atoms with Crippen molar-refractivity contribution in [1.29, 1.82) is 0 Å². The zero-order valence-corrected chi connectivity index (χ0v) is 19.7. The van der Waals surface area contributed by atoms with E-state index in [9.17, 15) is 9.59 Å². The van der Waals surface area contributed by atoms with Crippen LogP contribution in [0.3, 0.4) is 0 Å². The highest BCUT2D eigenvalue weighted by atomic mass is 35.5. The third kappa shape index (κ3) is 6.28. The molecule has 3 aromatic rings. The van der Waals surface area contributed by atoms with Gasteiger partial charge in [0.1, 0.15) is 5.75 Å². The Labute approximate surface area is 197 Å². The molecule has 0 saturated carbocycles. The van der Waals surface area contributed by atoms with Gasteiger partial charge in [-0.1, -0.05) is 30.7 Å². The summed E-state index contributed by atoms with van der Waals surface area (Å²) in [4.78, 5) is 26.2. The predicted octanol–water partition coefficient (Wildman–Crippen LogP) is 6.42. The number of carbonyl (C=O) groups excluding carboxylic acids is 2. The molecule has 0 aliphatic heterocycles. The summed E-state index contributed by atoms with van der Waals surface area (Å²) in [6.45, 7) is 3.88. The minimum absolute atomic E-state index is 0.0925. The fourth-order valence-electron chi connectivity index (χ4n) is 2.97. The summed E-state index contributed by atoms with van der Waals surface area (Å²) in [7, 11) is 1.58. The molecule has 1 atom stereocenters. The normalized spacial score (nSPS) is 11.5. The maximum absolute atomic E-state index is 12.8. The van der Waals surface area contributed by atoms with Gasteiger partial charge in [0.15, 0.2) is 0 Å². The zero-order valence-electron chi connectivity index (χ0n) is 18.1. The second-order valence-corrected chi connectivity index (χ2v) is 8.86. The molecule has 1 unspecified atom stereocenters.